The van der Waals surface area contributed by atoms with Crippen LogP contribution in [-0.2, 0) is 0 Å². The van der Waals surface area contributed by atoms with Gasteiger partial charge in [0.05, 0.1) is 16.7 Å². The summed E-state index contributed by atoms with van der Waals surface area (Å²) in [4.78, 5) is 5.45. The zero-order valence-electron chi connectivity index (χ0n) is 67.5. The van der Waals surface area contributed by atoms with E-state index in [-0.39, 0.29) is 6.71 Å². The third-order valence-electron chi connectivity index (χ3n) is 25.2. The molecule has 0 atom stereocenters. The van der Waals surface area contributed by atoms with E-state index < -0.39 is 24.2 Å². The molecule has 17 aromatic carbocycles. The number of anilines is 6. The maximum atomic E-state index is 2.76. The zero-order valence-corrected chi connectivity index (χ0v) is 70.5. The Kier molecular flexibility index (Phi) is 18.2. The number of fused-ring (bicyclic) bond motifs is 7. The lowest BCUT2D eigenvalue weighted by atomic mass is 9.32. The predicted molar refractivity (Wildman–Crippen MR) is 509 cm³/mol. The predicted octanol–water partition coefficient (Wildman–Crippen LogP) is 17.1. The van der Waals surface area contributed by atoms with Crippen LogP contribution in [0.5, 0.6) is 0 Å². The number of aromatic nitrogens is 1. The number of benzene rings is 17. The maximum absolute atomic E-state index is 3.36. The molecule has 0 bridgehead atoms. The molecule has 0 fully saturated rings. The molecule has 0 radical (unpaired) electrons. The van der Waals surface area contributed by atoms with Crippen LogP contribution in [0.1, 0.15) is 44.5 Å². The van der Waals surface area contributed by atoms with Gasteiger partial charge in [-0.2, -0.15) is 0 Å². The molecule has 0 aliphatic carbocycles. The average Bonchev–Trinajstić information content (AvgIpc) is 1.20. The van der Waals surface area contributed by atoms with Crippen LogP contribution in [0.4, 0.5) is 34.1 Å². The highest BCUT2D eigenvalue weighted by molar-refractivity contribution is 7.21. The number of rotatable bonds is 16. The van der Waals surface area contributed by atoms with Crippen LogP contribution < -0.4 is 88.4 Å². The van der Waals surface area contributed by atoms with Gasteiger partial charge in [0.15, 0.2) is 24.2 Å². The molecule has 0 N–H and O–H groups in total. The van der Waals surface area contributed by atoms with Crippen molar-refractivity contribution in [3.8, 4) is 16.8 Å². The van der Waals surface area contributed by atoms with Gasteiger partial charge in [-0.15, -0.1) is 0 Å². The van der Waals surface area contributed by atoms with Crippen molar-refractivity contribution in [1.29, 1.82) is 0 Å². The van der Waals surface area contributed by atoms with E-state index in [4.69, 9.17) is 0 Å². The molecule has 0 unspecified atom stereocenters. The van der Waals surface area contributed by atoms with E-state index in [2.05, 4.69) is 470 Å². The monoisotopic (exact) mass is 1550 g/mol. The Morgan fingerprint density at radius 3 is 0.906 bits per heavy atom. The summed E-state index contributed by atoms with van der Waals surface area (Å²) in [5, 5.41) is 18.5. The van der Waals surface area contributed by atoms with Crippen LogP contribution in [0.25, 0.3) is 38.6 Å². The summed E-state index contributed by atoms with van der Waals surface area (Å²) in [5.41, 5.74) is 26.3. The molecular weight excluding hydrogens is 1460 g/mol. The van der Waals surface area contributed by atoms with Gasteiger partial charge in [-0.05, 0) is 206 Å². The van der Waals surface area contributed by atoms with E-state index >= 15 is 0 Å². The molecule has 560 valence electrons. The lowest BCUT2D eigenvalue weighted by Crippen LogP contribution is -2.75. The van der Waals surface area contributed by atoms with E-state index in [1.165, 1.54) is 145 Å². The highest BCUT2D eigenvalue weighted by Gasteiger charge is 2.50. The molecule has 1 aromatic heterocycles. The van der Waals surface area contributed by atoms with Crippen LogP contribution in [0, 0.1) is 55.4 Å². The van der Waals surface area contributed by atoms with Crippen molar-refractivity contribution in [3.63, 3.8) is 0 Å². The van der Waals surface area contributed by atoms with Crippen LogP contribution in [0.3, 0.4) is 0 Å². The molecule has 2 aliphatic heterocycles. The smallest absolute Gasteiger partial charge is 0.252 e. The summed E-state index contributed by atoms with van der Waals surface area (Å²) >= 11 is 0. The summed E-state index contributed by atoms with van der Waals surface area (Å²) < 4.78 is 2.57. The molecule has 20 rings (SSSR count). The largest absolute Gasteiger partial charge is 0.311 e. The minimum atomic E-state index is -3.36. The quantitative estimate of drug-likeness (QED) is 0.0706. The molecule has 0 spiro atoms. The van der Waals surface area contributed by atoms with Gasteiger partial charge in [-0.1, -0.05) is 384 Å². The zero-order chi connectivity index (χ0) is 79.3. The summed E-state index contributed by atoms with van der Waals surface area (Å²) in [6, 6.07) is 156. The molecule has 3 heterocycles. The fourth-order valence-corrected chi connectivity index (χ4v) is 36.1. The Hall–Kier alpha value is -13.1. The van der Waals surface area contributed by atoms with Crippen molar-refractivity contribution < 1.29 is 0 Å². The van der Waals surface area contributed by atoms with Crippen molar-refractivity contribution >= 4 is 165 Å². The fraction of sp³-hybridized carbons (Fsp3) is 0.0727. The molecule has 7 heteroatoms. The fourth-order valence-electron chi connectivity index (χ4n) is 21.0. The first-order valence-electron chi connectivity index (χ1n) is 41.2. The highest BCUT2D eigenvalue weighted by atomic mass is 28.3. The first-order chi connectivity index (χ1) is 57.3. The average molecular weight is 1550 g/mol. The normalized spacial score (nSPS) is 12.6. The molecule has 18 aromatic rings. The molecule has 3 nitrogen and oxygen atoms in total. The SMILES string of the molecule is Cc1cc(C)cc([Si](c2ccccc2)(c2cc(C)cc(C)c2)c2cccc(N3c4cc([Si](c5ccccc5)(c5cc(C)cc(C)c5)c5cc(C)cc(C)c5)ccc4B4c5c(-c6ccccc6)cccc5N(c5cccc([Si](c6ccccc6)(c6ccccc6)c6ccccc6)c5)c5cc(-n6c7ccccc7c7ccccc76)cc3c54)c2)c1. The van der Waals surface area contributed by atoms with Crippen LogP contribution in [-0.4, -0.2) is 35.5 Å². The number of para-hydroxylation sites is 2. The van der Waals surface area contributed by atoms with E-state index in [0.29, 0.717) is 0 Å². The van der Waals surface area contributed by atoms with E-state index in [9.17, 15) is 0 Å². The van der Waals surface area contributed by atoms with Crippen LogP contribution >= 0.6 is 0 Å². The summed E-state index contributed by atoms with van der Waals surface area (Å²) in [6.45, 7) is 18.0. The third-order valence-corrected chi connectivity index (χ3v) is 39.3. The standard InChI is InChI=1S/C110H90BN3Si3/c1-75-58-76(2)63-95(62-75)116(90-44-23-13-24-45-90,96-64-77(3)59-78(4)65-96)93-49-32-37-85(71-93)113-106-74-94(117(91-46-25-14-26-47-91,97-66-79(5)60-80(6)67-97)98-68-81(7)61-82(8)69-98)56-57-102(106)111-109-99(83-34-15-9-16-35-83)52-33-55-105(109)112(107-72-86(73-108(113)110(107)111)114-103-53-29-27-50-100(103)101-51-28-30-54-104(101)114)84-36-31-48-92(70-84)115(87-38-17-10-18-39-87,88-40-19-11-20-41-88)89-42-21-12-22-43-89/h9-74H,1-8H3. The summed E-state index contributed by atoms with van der Waals surface area (Å²) in [5.74, 6) is 0. The van der Waals surface area contributed by atoms with Crippen molar-refractivity contribution in [3.05, 3.63) is 445 Å². The van der Waals surface area contributed by atoms with Gasteiger partial charge in [-0.3, -0.25) is 0 Å². The third kappa shape index (κ3) is 12.0. The Labute approximate surface area is 691 Å². The van der Waals surface area contributed by atoms with Gasteiger partial charge in [0.25, 0.3) is 6.71 Å². The van der Waals surface area contributed by atoms with Gasteiger partial charge in [0, 0.05) is 44.9 Å². The van der Waals surface area contributed by atoms with Crippen molar-refractivity contribution in [2.75, 3.05) is 9.80 Å². The maximum Gasteiger partial charge on any atom is 0.252 e. The summed E-state index contributed by atoms with van der Waals surface area (Å²) in [6.07, 6.45) is 0. The number of nitrogens with zero attached hydrogens (tertiary/aromatic N) is 3. The topological polar surface area (TPSA) is 11.4 Å². The first-order valence-corrected chi connectivity index (χ1v) is 47.2. The molecule has 117 heavy (non-hydrogen) atoms. The van der Waals surface area contributed by atoms with E-state index in [0.717, 1.165) is 50.8 Å². The van der Waals surface area contributed by atoms with Gasteiger partial charge >= 0.3 is 0 Å². The number of hydrogen-bond donors (Lipinski definition) is 0. The van der Waals surface area contributed by atoms with Gasteiger partial charge < -0.3 is 14.4 Å². The Morgan fingerprint density at radius 2 is 0.521 bits per heavy atom. The molecular formula is C110H90BN3Si3. The number of aryl methyl sites for hydroxylation is 8. The van der Waals surface area contributed by atoms with E-state index in [1.807, 2.05) is 0 Å². The number of hydrogen-bond acceptors (Lipinski definition) is 2. The molecule has 0 amide bonds. The summed E-state index contributed by atoms with van der Waals surface area (Å²) in [7, 11) is -9.79. The van der Waals surface area contributed by atoms with Crippen molar-refractivity contribution in [2.24, 2.45) is 0 Å². The minimum absolute atomic E-state index is 0.290. The van der Waals surface area contributed by atoms with Crippen molar-refractivity contribution in [2.45, 2.75) is 55.4 Å². The van der Waals surface area contributed by atoms with Crippen molar-refractivity contribution in [1.82, 2.24) is 4.57 Å². The minimum Gasteiger partial charge on any atom is -0.311 e. The van der Waals surface area contributed by atoms with Gasteiger partial charge in [0.2, 0.25) is 0 Å². The Balaban J connectivity index is 0.970. The van der Waals surface area contributed by atoms with Crippen LogP contribution in [0.2, 0.25) is 0 Å². The van der Waals surface area contributed by atoms with Gasteiger partial charge in [0.1, 0.15) is 0 Å². The second kappa shape index (κ2) is 29.3. The first kappa shape index (κ1) is 72.8. The lowest BCUT2D eigenvalue weighted by molar-refractivity contribution is 1.16. The second-order valence-corrected chi connectivity index (χ2v) is 44.4. The molecule has 0 saturated heterocycles. The lowest BCUT2D eigenvalue weighted by Gasteiger charge is -2.46. The van der Waals surface area contributed by atoms with E-state index in [1.54, 1.807) is 0 Å². The highest BCUT2D eigenvalue weighted by Crippen LogP contribution is 2.48. The van der Waals surface area contributed by atoms with Crippen LogP contribution in [0.15, 0.2) is 400 Å². The Morgan fingerprint density at radius 1 is 0.205 bits per heavy atom. The molecule has 2 aliphatic rings. The van der Waals surface area contributed by atoms with Gasteiger partial charge in [-0.25, -0.2) is 0 Å². The second-order valence-electron chi connectivity index (χ2n) is 32.9. The molecule has 0 saturated carbocycles. The Bertz CT molecular complexity index is 6550.